The maximum atomic E-state index is 11.5. The number of likely N-dealkylation sites (tertiary alicyclic amines) is 1. The first-order valence-corrected chi connectivity index (χ1v) is 8.52. The van der Waals surface area contributed by atoms with Gasteiger partial charge in [-0.2, -0.15) is 0 Å². The minimum atomic E-state index is -0.756. The molecule has 2 bridgehead atoms. The summed E-state index contributed by atoms with van der Waals surface area (Å²) in [4.78, 5) is 11.1. The van der Waals surface area contributed by atoms with Gasteiger partial charge in [0.25, 0.3) is 0 Å². The van der Waals surface area contributed by atoms with Crippen molar-refractivity contribution in [1.82, 2.24) is 14.9 Å². The summed E-state index contributed by atoms with van der Waals surface area (Å²) in [5.74, 6) is 0.540. The molecule has 2 atom stereocenters. The van der Waals surface area contributed by atoms with Crippen molar-refractivity contribution in [2.24, 2.45) is 11.8 Å². The Morgan fingerprint density at radius 2 is 1.78 bits per heavy atom. The molecule has 23 heavy (non-hydrogen) atoms. The maximum Gasteiger partial charge on any atom is 0.114 e. The van der Waals surface area contributed by atoms with Crippen LogP contribution in [0.2, 0.25) is 0 Å². The van der Waals surface area contributed by atoms with Gasteiger partial charge in [-0.25, -0.2) is 0 Å². The zero-order valence-corrected chi connectivity index (χ0v) is 13.3. The molecule has 1 aliphatic carbocycles. The lowest BCUT2D eigenvalue weighted by molar-refractivity contribution is -0.151. The second-order valence-electron chi connectivity index (χ2n) is 6.91. The van der Waals surface area contributed by atoms with E-state index in [-0.39, 0.29) is 11.8 Å². The number of nitrogens with zero attached hydrogens (tertiary/aromatic N) is 3. The smallest absolute Gasteiger partial charge is 0.114 e. The number of rotatable bonds is 3. The summed E-state index contributed by atoms with van der Waals surface area (Å²) in [5, 5.41) is 11.5. The standard InChI is InChI=1S/C19H23N3O/c23-19(18-6-1-2-9-21-18)16-4-3-5-17(19)14-22(13-16)12-15-7-10-20-11-8-15/h1-2,6-11,16-17,23H,3-5,12-14H2. The van der Waals surface area contributed by atoms with Gasteiger partial charge < -0.3 is 5.11 Å². The number of aliphatic hydroxyl groups is 1. The Hall–Kier alpha value is -1.78. The van der Waals surface area contributed by atoms with E-state index in [1.165, 1.54) is 12.0 Å². The summed E-state index contributed by atoms with van der Waals surface area (Å²) in [6, 6.07) is 10.1. The highest BCUT2D eigenvalue weighted by molar-refractivity contribution is 5.20. The summed E-state index contributed by atoms with van der Waals surface area (Å²) in [6.45, 7) is 2.81. The molecule has 1 saturated carbocycles. The van der Waals surface area contributed by atoms with Crippen LogP contribution in [0.5, 0.6) is 0 Å². The van der Waals surface area contributed by atoms with E-state index in [1.807, 2.05) is 30.6 Å². The number of fused-ring (bicyclic) bond motifs is 2. The molecule has 2 aromatic heterocycles. The van der Waals surface area contributed by atoms with Gasteiger partial charge in [-0.05, 0) is 42.7 Å². The second kappa shape index (κ2) is 6.02. The van der Waals surface area contributed by atoms with E-state index in [4.69, 9.17) is 0 Å². The van der Waals surface area contributed by atoms with Crippen LogP contribution in [0.25, 0.3) is 0 Å². The van der Waals surface area contributed by atoms with Crippen molar-refractivity contribution in [3.05, 3.63) is 60.2 Å². The summed E-state index contributed by atoms with van der Waals surface area (Å²) >= 11 is 0. The zero-order chi connectivity index (χ0) is 15.7. The molecule has 1 N–H and O–H groups in total. The fourth-order valence-corrected chi connectivity index (χ4v) is 4.44. The first-order chi connectivity index (χ1) is 11.3. The van der Waals surface area contributed by atoms with Gasteiger partial charge in [0.1, 0.15) is 5.60 Å². The molecule has 0 radical (unpaired) electrons. The highest BCUT2D eigenvalue weighted by Crippen LogP contribution is 2.48. The highest BCUT2D eigenvalue weighted by Gasteiger charge is 2.52. The van der Waals surface area contributed by atoms with Crippen molar-refractivity contribution in [2.75, 3.05) is 13.1 Å². The van der Waals surface area contributed by atoms with Crippen molar-refractivity contribution in [3.8, 4) is 0 Å². The molecule has 2 aliphatic rings. The molecule has 1 saturated heterocycles. The van der Waals surface area contributed by atoms with Gasteiger partial charge in [-0.1, -0.05) is 12.5 Å². The van der Waals surface area contributed by atoms with Crippen molar-refractivity contribution in [3.63, 3.8) is 0 Å². The normalized spacial score (nSPS) is 31.0. The van der Waals surface area contributed by atoms with Crippen molar-refractivity contribution >= 4 is 0 Å². The fraction of sp³-hybridized carbons (Fsp3) is 0.474. The Labute approximate surface area is 137 Å². The molecule has 0 amide bonds. The van der Waals surface area contributed by atoms with Crippen LogP contribution >= 0.6 is 0 Å². The van der Waals surface area contributed by atoms with Gasteiger partial charge in [0.05, 0.1) is 5.69 Å². The van der Waals surface area contributed by atoms with E-state index >= 15 is 0 Å². The van der Waals surface area contributed by atoms with E-state index < -0.39 is 5.60 Å². The predicted octanol–water partition coefficient (Wildman–Crippen LogP) is 2.60. The van der Waals surface area contributed by atoms with Crippen LogP contribution in [-0.4, -0.2) is 33.1 Å². The lowest BCUT2D eigenvalue weighted by Crippen LogP contribution is -2.58. The molecule has 0 spiro atoms. The Morgan fingerprint density at radius 1 is 1.04 bits per heavy atom. The minimum Gasteiger partial charge on any atom is -0.383 e. The SMILES string of the molecule is OC1(c2ccccn2)C2CCCC1CN(Cc1ccncc1)C2. The average molecular weight is 309 g/mol. The molecule has 4 nitrogen and oxygen atoms in total. The van der Waals surface area contributed by atoms with Gasteiger partial charge in [-0.3, -0.25) is 14.9 Å². The predicted molar refractivity (Wildman–Crippen MR) is 88.5 cm³/mol. The largest absolute Gasteiger partial charge is 0.383 e. The number of piperidine rings is 1. The first-order valence-electron chi connectivity index (χ1n) is 8.52. The Kier molecular flexibility index (Phi) is 3.87. The lowest BCUT2D eigenvalue weighted by atomic mass is 9.64. The third-order valence-electron chi connectivity index (χ3n) is 5.54. The van der Waals surface area contributed by atoms with Crippen LogP contribution in [0.1, 0.15) is 30.5 Å². The summed E-state index contributed by atoms with van der Waals surface area (Å²) in [5.41, 5.74) is 1.40. The molecule has 2 unspecified atom stereocenters. The van der Waals surface area contributed by atoms with Crippen LogP contribution in [0.3, 0.4) is 0 Å². The third kappa shape index (κ3) is 2.66. The Bertz CT molecular complexity index is 632. The molecular weight excluding hydrogens is 286 g/mol. The van der Waals surface area contributed by atoms with E-state index in [0.717, 1.165) is 38.2 Å². The average Bonchev–Trinajstić information content (AvgIpc) is 2.58. The summed E-state index contributed by atoms with van der Waals surface area (Å²) < 4.78 is 0. The van der Waals surface area contributed by atoms with Crippen LogP contribution in [-0.2, 0) is 12.1 Å². The van der Waals surface area contributed by atoms with Crippen LogP contribution in [0, 0.1) is 11.8 Å². The number of hydrogen-bond acceptors (Lipinski definition) is 4. The molecule has 2 fully saturated rings. The van der Waals surface area contributed by atoms with Crippen molar-refractivity contribution < 1.29 is 5.11 Å². The highest BCUT2D eigenvalue weighted by atomic mass is 16.3. The quantitative estimate of drug-likeness (QED) is 0.947. The molecule has 2 aromatic rings. The maximum absolute atomic E-state index is 11.5. The molecular formula is C19H23N3O. The van der Waals surface area contributed by atoms with E-state index in [2.05, 4.69) is 27.0 Å². The molecule has 120 valence electrons. The minimum absolute atomic E-state index is 0.270. The van der Waals surface area contributed by atoms with E-state index in [0.29, 0.717) is 0 Å². The summed E-state index contributed by atoms with van der Waals surface area (Å²) in [6.07, 6.45) is 8.88. The monoisotopic (exact) mass is 309 g/mol. The van der Waals surface area contributed by atoms with E-state index in [9.17, 15) is 5.11 Å². The Morgan fingerprint density at radius 3 is 2.43 bits per heavy atom. The third-order valence-corrected chi connectivity index (χ3v) is 5.54. The van der Waals surface area contributed by atoms with Gasteiger partial charge in [0.15, 0.2) is 0 Å². The molecule has 4 heteroatoms. The van der Waals surface area contributed by atoms with Gasteiger partial charge in [0.2, 0.25) is 0 Å². The number of aromatic nitrogens is 2. The van der Waals surface area contributed by atoms with Crippen molar-refractivity contribution in [1.29, 1.82) is 0 Å². The van der Waals surface area contributed by atoms with Gasteiger partial charge in [-0.15, -0.1) is 0 Å². The second-order valence-corrected chi connectivity index (χ2v) is 6.91. The molecule has 3 heterocycles. The Balaban J connectivity index is 1.57. The molecule has 1 aliphatic heterocycles. The summed E-state index contributed by atoms with van der Waals surface area (Å²) in [7, 11) is 0. The number of hydrogen-bond donors (Lipinski definition) is 1. The lowest BCUT2D eigenvalue weighted by Gasteiger charge is -2.52. The van der Waals surface area contributed by atoms with Crippen LogP contribution < -0.4 is 0 Å². The van der Waals surface area contributed by atoms with Gasteiger partial charge >= 0.3 is 0 Å². The van der Waals surface area contributed by atoms with Crippen molar-refractivity contribution in [2.45, 2.75) is 31.4 Å². The zero-order valence-electron chi connectivity index (χ0n) is 13.3. The first kappa shape index (κ1) is 14.8. The molecule has 0 aromatic carbocycles. The number of pyridine rings is 2. The topological polar surface area (TPSA) is 49.3 Å². The van der Waals surface area contributed by atoms with Gasteiger partial charge in [0, 0.05) is 50.1 Å². The van der Waals surface area contributed by atoms with E-state index in [1.54, 1.807) is 6.20 Å². The fourth-order valence-electron chi connectivity index (χ4n) is 4.44. The molecule has 4 rings (SSSR count). The van der Waals surface area contributed by atoms with Crippen LogP contribution in [0.4, 0.5) is 0 Å². The van der Waals surface area contributed by atoms with Crippen LogP contribution in [0.15, 0.2) is 48.9 Å².